The van der Waals surface area contributed by atoms with Crippen molar-refractivity contribution in [3.63, 3.8) is 0 Å². The minimum atomic E-state index is 0.364. The first kappa shape index (κ1) is 9.49. The molecule has 0 spiro atoms. The number of rotatable bonds is 2. The highest BCUT2D eigenvalue weighted by atomic mass is 16.7. The van der Waals surface area contributed by atoms with Crippen LogP contribution in [0.1, 0.15) is 16.7 Å². The SMILES string of the molecule is Cc1c(CCN)ccc2c1COCO2. The molecule has 2 N–H and O–H groups in total. The summed E-state index contributed by atoms with van der Waals surface area (Å²) in [5.41, 5.74) is 9.26. The molecule has 1 aromatic rings. The fourth-order valence-electron chi connectivity index (χ4n) is 1.77. The van der Waals surface area contributed by atoms with Gasteiger partial charge in [0.25, 0.3) is 0 Å². The van der Waals surface area contributed by atoms with Crippen molar-refractivity contribution in [2.24, 2.45) is 5.73 Å². The van der Waals surface area contributed by atoms with Crippen LogP contribution in [0.15, 0.2) is 12.1 Å². The van der Waals surface area contributed by atoms with Crippen molar-refractivity contribution in [3.8, 4) is 5.75 Å². The summed E-state index contributed by atoms with van der Waals surface area (Å²) < 4.78 is 10.6. The van der Waals surface area contributed by atoms with E-state index in [9.17, 15) is 0 Å². The lowest BCUT2D eigenvalue weighted by Crippen LogP contribution is -2.14. The number of hydrogen-bond donors (Lipinski definition) is 1. The van der Waals surface area contributed by atoms with E-state index >= 15 is 0 Å². The van der Waals surface area contributed by atoms with Gasteiger partial charge in [0.1, 0.15) is 5.75 Å². The first-order valence-electron chi connectivity index (χ1n) is 4.85. The van der Waals surface area contributed by atoms with Crippen LogP contribution in [0, 0.1) is 6.92 Å². The Morgan fingerprint density at radius 3 is 3.07 bits per heavy atom. The van der Waals surface area contributed by atoms with Crippen LogP contribution in [0.5, 0.6) is 5.75 Å². The average molecular weight is 193 g/mol. The zero-order valence-corrected chi connectivity index (χ0v) is 8.38. The molecule has 0 atom stereocenters. The van der Waals surface area contributed by atoms with Crippen LogP contribution >= 0.6 is 0 Å². The summed E-state index contributed by atoms with van der Waals surface area (Å²) in [6.07, 6.45) is 0.916. The second-order valence-corrected chi connectivity index (χ2v) is 3.48. The van der Waals surface area contributed by atoms with Gasteiger partial charge >= 0.3 is 0 Å². The van der Waals surface area contributed by atoms with Gasteiger partial charge in [-0.15, -0.1) is 0 Å². The summed E-state index contributed by atoms with van der Waals surface area (Å²) in [6, 6.07) is 4.10. The van der Waals surface area contributed by atoms with Crippen molar-refractivity contribution in [2.75, 3.05) is 13.3 Å². The molecule has 76 valence electrons. The van der Waals surface area contributed by atoms with Crippen LogP contribution in [0.3, 0.4) is 0 Å². The van der Waals surface area contributed by atoms with Gasteiger partial charge in [-0.25, -0.2) is 0 Å². The van der Waals surface area contributed by atoms with Crippen LogP contribution in [0.4, 0.5) is 0 Å². The van der Waals surface area contributed by atoms with Gasteiger partial charge in [0, 0.05) is 5.56 Å². The highest BCUT2D eigenvalue weighted by Gasteiger charge is 2.14. The molecule has 3 heteroatoms. The molecule has 0 amide bonds. The second kappa shape index (κ2) is 3.98. The van der Waals surface area contributed by atoms with E-state index in [2.05, 4.69) is 13.0 Å². The van der Waals surface area contributed by atoms with Crippen molar-refractivity contribution in [1.29, 1.82) is 0 Å². The van der Waals surface area contributed by atoms with Crippen molar-refractivity contribution in [2.45, 2.75) is 20.0 Å². The lowest BCUT2D eigenvalue weighted by atomic mass is 9.99. The fourth-order valence-corrected chi connectivity index (χ4v) is 1.77. The van der Waals surface area contributed by atoms with Crippen molar-refractivity contribution in [1.82, 2.24) is 0 Å². The molecule has 0 saturated carbocycles. The van der Waals surface area contributed by atoms with Gasteiger partial charge in [0.2, 0.25) is 0 Å². The number of fused-ring (bicyclic) bond motifs is 1. The highest BCUT2D eigenvalue weighted by molar-refractivity contribution is 5.44. The quantitative estimate of drug-likeness (QED) is 0.771. The highest BCUT2D eigenvalue weighted by Crippen LogP contribution is 2.28. The van der Waals surface area contributed by atoms with Crippen molar-refractivity contribution >= 4 is 0 Å². The average Bonchev–Trinajstić information content (AvgIpc) is 2.23. The molecule has 1 aromatic carbocycles. The van der Waals surface area contributed by atoms with Crippen LogP contribution in [-0.2, 0) is 17.8 Å². The smallest absolute Gasteiger partial charge is 0.189 e. The summed E-state index contributed by atoms with van der Waals surface area (Å²) in [4.78, 5) is 0. The van der Waals surface area contributed by atoms with Crippen LogP contribution in [0.25, 0.3) is 0 Å². The van der Waals surface area contributed by atoms with Gasteiger partial charge in [-0.3, -0.25) is 0 Å². The van der Waals surface area contributed by atoms with E-state index in [1.807, 2.05) is 6.07 Å². The number of nitrogens with two attached hydrogens (primary N) is 1. The number of ether oxygens (including phenoxy) is 2. The third kappa shape index (κ3) is 1.61. The molecule has 0 radical (unpaired) electrons. The molecule has 0 bridgehead atoms. The largest absolute Gasteiger partial charge is 0.467 e. The van der Waals surface area contributed by atoms with Gasteiger partial charge in [-0.05, 0) is 37.1 Å². The molecule has 0 aromatic heterocycles. The Hall–Kier alpha value is -1.06. The Kier molecular flexibility index (Phi) is 2.70. The van der Waals surface area contributed by atoms with Crippen LogP contribution in [-0.4, -0.2) is 13.3 Å². The standard InChI is InChI=1S/C11H15NO2/c1-8-9(4-5-12)2-3-11-10(8)6-13-7-14-11/h2-3H,4-7,12H2,1H3. The summed E-state index contributed by atoms with van der Waals surface area (Å²) in [7, 11) is 0. The first-order chi connectivity index (χ1) is 6.83. The van der Waals surface area contributed by atoms with Gasteiger partial charge in [0.05, 0.1) is 6.61 Å². The van der Waals surface area contributed by atoms with Crippen molar-refractivity contribution in [3.05, 3.63) is 28.8 Å². The molecule has 14 heavy (non-hydrogen) atoms. The van der Waals surface area contributed by atoms with Gasteiger partial charge in [-0.2, -0.15) is 0 Å². The third-order valence-electron chi connectivity index (χ3n) is 2.63. The summed E-state index contributed by atoms with van der Waals surface area (Å²) >= 11 is 0. The normalized spacial score (nSPS) is 14.7. The predicted molar refractivity (Wildman–Crippen MR) is 54.2 cm³/mol. The van der Waals surface area contributed by atoms with Crippen LogP contribution < -0.4 is 10.5 Å². The Balaban J connectivity index is 2.38. The Morgan fingerprint density at radius 2 is 2.29 bits per heavy atom. The molecule has 0 fully saturated rings. The van der Waals surface area contributed by atoms with Gasteiger partial charge in [-0.1, -0.05) is 6.07 Å². The summed E-state index contributed by atoms with van der Waals surface area (Å²) in [5.74, 6) is 0.953. The second-order valence-electron chi connectivity index (χ2n) is 3.48. The van der Waals surface area contributed by atoms with Crippen LogP contribution in [0.2, 0.25) is 0 Å². The molecular formula is C11H15NO2. The molecule has 1 aliphatic heterocycles. The Labute approximate surface area is 83.8 Å². The summed E-state index contributed by atoms with van der Waals surface area (Å²) in [5, 5.41) is 0. The van der Waals surface area contributed by atoms with E-state index in [0.29, 0.717) is 19.9 Å². The zero-order valence-electron chi connectivity index (χ0n) is 8.38. The maximum absolute atomic E-state index is 5.54. The topological polar surface area (TPSA) is 44.5 Å². The molecule has 1 heterocycles. The molecule has 3 nitrogen and oxygen atoms in total. The lowest BCUT2D eigenvalue weighted by molar-refractivity contribution is -0.0167. The Morgan fingerprint density at radius 1 is 1.43 bits per heavy atom. The fraction of sp³-hybridized carbons (Fsp3) is 0.455. The molecule has 0 saturated heterocycles. The van der Waals surface area contributed by atoms with E-state index in [4.69, 9.17) is 15.2 Å². The maximum Gasteiger partial charge on any atom is 0.189 e. The molecule has 1 aliphatic rings. The minimum absolute atomic E-state index is 0.364. The Bertz CT molecular complexity index is 336. The monoisotopic (exact) mass is 193 g/mol. The molecular weight excluding hydrogens is 178 g/mol. The van der Waals surface area contributed by atoms with E-state index in [-0.39, 0.29) is 0 Å². The molecule has 2 rings (SSSR count). The van der Waals surface area contributed by atoms with E-state index < -0.39 is 0 Å². The third-order valence-corrected chi connectivity index (χ3v) is 2.63. The van der Waals surface area contributed by atoms with E-state index in [1.165, 1.54) is 16.7 Å². The zero-order chi connectivity index (χ0) is 9.97. The van der Waals surface area contributed by atoms with E-state index in [0.717, 1.165) is 12.2 Å². The predicted octanol–water partition coefficient (Wildman–Crippen LogP) is 1.36. The number of hydrogen-bond acceptors (Lipinski definition) is 3. The molecule has 0 aliphatic carbocycles. The minimum Gasteiger partial charge on any atom is -0.467 e. The van der Waals surface area contributed by atoms with Gasteiger partial charge in [0.15, 0.2) is 6.79 Å². The lowest BCUT2D eigenvalue weighted by Gasteiger charge is -2.21. The summed E-state index contributed by atoms with van der Waals surface area (Å²) in [6.45, 7) is 3.80. The number of benzene rings is 1. The van der Waals surface area contributed by atoms with Gasteiger partial charge < -0.3 is 15.2 Å². The van der Waals surface area contributed by atoms with E-state index in [1.54, 1.807) is 0 Å². The van der Waals surface area contributed by atoms with Crippen molar-refractivity contribution < 1.29 is 9.47 Å². The first-order valence-corrected chi connectivity index (χ1v) is 4.85. The maximum atomic E-state index is 5.54. The molecule has 0 unspecified atom stereocenters.